The van der Waals surface area contributed by atoms with Crippen LogP contribution in [0.1, 0.15) is 56.6 Å². The molecule has 112 valence electrons. The summed E-state index contributed by atoms with van der Waals surface area (Å²) in [6.07, 6.45) is 5.78. The van der Waals surface area contributed by atoms with Gasteiger partial charge in [0.25, 0.3) is 0 Å². The molecule has 1 aliphatic rings. The van der Waals surface area contributed by atoms with Gasteiger partial charge in [-0.15, -0.1) is 0 Å². The van der Waals surface area contributed by atoms with Crippen molar-refractivity contribution in [2.45, 2.75) is 63.5 Å². The molecule has 1 aliphatic carbocycles. The quantitative estimate of drug-likeness (QED) is 0.620. The van der Waals surface area contributed by atoms with E-state index >= 15 is 0 Å². The second-order valence-electron chi connectivity index (χ2n) is 6.56. The molecule has 0 saturated heterocycles. The molecule has 2 unspecified atom stereocenters. The van der Waals surface area contributed by atoms with Crippen LogP contribution in [0.5, 0.6) is 0 Å². The van der Waals surface area contributed by atoms with Gasteiger partial charge in [0.2, 0.25) is 0 Å². The van der Waals surface area contributed by atoms with Gasteiger partial charge in [-0.3, -0.25) is 11.3 Å². The molecule has 2 rings (SSSR count). The van der Waals surface area contributed by atoms with Crippen LogP contribution in [0.15, 0.2) is 24.3 Å². The van der Waals surface area contributed by atoms with Crippen LogP contribution in [0, 0.1) is 0 Å². The van der Waals surface area contributed by atoms with Gasteiger partial charge in [0.15, 0.2) is 0 Å². The van der Waals surface area contributed by atoms with E-state index in [2.05, 4.69) is 43.5 Å². The molecule has 0 radical (unpaired) electrons. The maximum Gasteiger partial charge on any atom is 0.0638 e. The Bertz CT molecular complexity index is 431. The Morgan fingerprint density at radius 3 is 2.85 bits per heavy atom. The molecule has 0 bridgehead atoms. The van der Waals surface area contributed by atoms with Gasteiger partial charge >= 0.3 is 0 Å². The first kappa shape index (κ1) is 15.5. The van der Waals surface area contributed by atoms with Crippen LogP contribution in [0.25, 0.3) is 0 Å². The zero-order chi connectivity index (χ0) is 14.6. The molecular formula is C17H28N2O. The predicted molar refractivity (Wildman–Crippen MR) is 83.6 cm³/mol. The lowest BCUT2D eigenvalue weighted by molar-refractivity contribution is 0.00565. The first-order valence-corrected chi connectivity index (χ1v) is 7.65. The molecular weight excluding hydrogens is 248 g/mol. The summed E-state index contributed by atoms with van der Waals surface area (Å²) in [4.78, 5) is 0. The van der Waals surface area contributed by atoms with Crippen molar-refractivity contribution >= 4 is 0 Å². The van der Waals surface area contributed by atoms with Crippen molar-refractivity contribution < 1.29 is 4.74 Å². The summed E-state index contributed by atoms with van der Waals surface area (Å²) in [5.74, 6) is 6.39. The van der Waals surface area contributed by atoms with Crippen molar-refractivity contribution in [3.63, 3.8) is 0 Å². The zero-order valence-electron chi connectivity index (χ0n) is 13.0. The SMILES string of the molecule is COC(C)(C)CC(CC1CCCc2ccccc21)NN. The molecule has 2 atom stereocenters. The third-order valence-electron chi connectivity index (χ3n) is 4.59. The fourth-order valence-corrected chi connectivity index (χ4v) is 3.33. The van der Waals surface area contributed by atoms with Crippen LogP contribution >= 0.6 is 0 Å². The maximum absolute atomic E-state index is 5.77. The largest absolute Gasteiger partial charge is 0.379 e. The van der Waals surface area contributed by atoms with Crippen molar-refractivity contribution in [2.75, 3.05) is 7.11 Å². The highest BCUT2D eigenvalue weighted by atomic mass is 16.5. The average Bonchev–Trinajstić information content (AvgIpc) is 2.46. The Hall–Kier alpha value is -0.900. The minimum atomic E-state index is -0.134. The summed E-state index contributed by atoms with van der Waals surface area (Å²) < 4.78 is 5.53. The van der Waals surface area contributed by atoms with Crippen molar-refractivity contribution in [3.05, 3.63) is 35.4 Å². The zero-order valence-corrected chi connectivity index (χ0v) is 13.0. The van der Waals surface area contributed by atoms with Gasteiger partial charge in [-0.25, -0.2) is 0 Å². The van der Waals surface area contributed by atoms with E-state index in [1.807, 2.05) is 0 Å². The standard InChI is InChI=1S/C17H28N2O/c1-17(2,20-3)12-15(19-18)11-14-9-6-8-13-7-4-5-10-16(13)14/h4-5,7,10,14-15,19H,6,8-9,11-12,18H2,1-3H3. The number of ether oxygens (including phenoxy) is 1. The van der Waals surface area contributed by atoms with E-state index in [1.54, 1.807) is 7.11 Å². The molecule has 20 heavy (non-hydrogen) atoms. The number of hydrogen-bond donors (Lipinski definition) is 2. The van der Waals surface area contributed by atoms with E-state index in [9.17, 15) is 0 Å². The van der Waals surface area contributed by atoms with Gasteiger partial charge in [-0.2, -0.15) is 0 Å². The fourth-order valence-electron chi connectivity index (χ4n) is 3.33. The molecule has 0 aliphatic heterocycles. The number of nitrogens with one attached hydrogen (secondary N) is 1. The molecule has 3 N–H and O–H groups in total. The number of rotatable bonds is 6. The second-order valence-corrected chi connectivity index (χ2v) is 6.56. The third-order valence-corrected chi connectivity index (χ3v) is 4.59. The molecule has 3 heteroatoms. The number of fused-ring (bicyclic) bond motifs is 1. The van der Waals surface area contributed by atoms with Gasteiger partial charge in [0, 0.05) is 13.2 Å². The summed E-state index contributed by atoms with van der Waals surface area (Å²) in [7, 11) is 1.77. The molecule has 0 spiro atoms. The fraction of sp³-hybridized carbons (Fsp3) is 0.647. The molecule has 3 nitrogen and oxygen atoms in total. The first-order valence-electron chi connectivity index (χ1n) is 7.65. The summed E-state index contributed by atoms with van der Waals surface area (Å²) in [6, 6.07) is 9.15. The highest BCUT2D eigenvalue weighted by Crippen LogP contribution is 2.35. The van der Waals surface area contributed by atoms with E-state index in [1.165, 1.54) is 30.4 Å². The highest BCUT2D eigenvalue weighted by molar-refractivity contribution is 5.32. The molecule has 0 saturated carbocycles. The van der Waals surface area contributed by atoms with E-state index in [0.29, 0.717) is 12.0 Å². The maximum atomic E-state index is 5.77. The Kier molecular flexibility index (Phi) is 5.19. The smallest absolute Gasteiger partial charge is 0.0638 e. The minimum Gasteiger partial charge on any atom is -0.379 e. The third kappa shape index (κ3) is 3.81. The Labute approximate surface area is 122 Å². The average molecular weight is 276 g/mol. The van der Waals surface area contributed by atoms with Crippen LogP contribution in [-0.4, -0.2) is 18.8 Å². The number of hydrogen-bond acceptors (Lipinski definition) is 3. The van der Waals surface area contributed by atoms with Crippen LogP contribution in [0.2, 0.25) is 0 Å². The van der Waals surface area contributed by atoms with Crippen molar-refractivity contribution in [2.24, 2.45) is 5.84 Å². The van der Waals surface area contributed by atoms with Gasteiger partial charge in [-0.1, -0.05) is 24.3 Å². The Balaban J connectivity index is 2.05. The van der Waals surface area contributed by atoms with E-state index in [4.69, 9.17) is 10.6 Å². The first-order chi connectivity index (χ1) is 9.55. The predicted octanol–water partition coefficient (Wildman–Crippen LogP) is 3.14. The summed E-state index contributed by atoms with van der Waals surface area (Å²) in [6.45, 7) is 4.23. The lowest BCUT2D eigenvalue weighted by Gasteiger charge is -2.32. The highest BCUT2D eigenvalue weighted by Gasteiger charge is 2.27. The number of hydrazine groups is 1. The summed E-state index contributed by atoms with van der Waals surface area (Å²) in [5, 5.41) is 0. The Morgan fingerprint density at radius 2 is 2.15 bits per heavy atom. The minimum absolute atomic E-state index is 0.134. The second kappa shape index (κ2) is 6.70. The number of benzene rings is 1. The summed E-state index contributed by atoms with van der Waals surface area (Å²) >= 11 is 0. The summed E-state index contributed by atoms with van der Waals surface area (Å²) in [5.41, 5.74) is 5.90. The number of nitrogens with two attached hydrogens (primary N) is 1. The Morgan fingerprint density at radius 1 is 1.40 bits per heavy atom. The molecule has 0 aromatic heterocycles. The van der Waals surface area contributed by atoms with Crippen LogP contribution < -0.4 is 11.3 Å². The molecule has 0 heterocycles. The van der Waals surface area contributed by atoms with Crippen LogP contribution in [-0.2, 0) is 11.2 Å². The lowest BCUT2D eigenvalue weighted by Crippen LogP contribution is -2.42. The van der Waals surface area contributed by atoms with Gasteiger partial charge in [0.05, 0.1) is 5.60 Å². The number of methoxy groups -OCH3 is 1. The van der Waals surface area contributed by atoms with Gasteiger partial charge in [0.1, 0.15) is 0 Å². The number of aryl methyl sites for hydroxylation is 1. The topological polar surface area (TPSA) is 47.3 Å². The molecule has 1 aromatic rings. The van der Waals surface area contributed by atoms with Crippen molar-refractivity contribution in [1.29, 1.82) is 0 Å². The van der Waals surface area contributed by atoms with E-state index in [0.717, 1.165) is 12.8 Å². The van der Waals surface area contributed by atoms with E-state index in [-0.39, 0.29) is 5.60 Å². The molecule has 0 amide bonds. The van der Waals surface area contributed by atoms with E-state index < -0.39 is 0 Å². The van der Waals surface area contributed by atoms with Gasteiger partial charge in [-0.05, 0) is 63.0 Å². The lowest BCUT2D eigenvalue weighted by atomic mass is 9.78. The normalized spacial score (nSPS) is 20.5. The van der Waals surface area contributed by atoms with Crippen molar-refractivity contribution in [3.8, 4) is 0 Å². The van der Waals surface area contributed by atoms with Gasteiger partial charge < -0.3 is 4.74 Å². The molecule has 0 fully saturated rings. The van der Waals surface area contributed by atoms with Crippen molar-refractivity contribution in [1.82, 2.24) is 5.43 Å². The molecule has 1 aromatic carbocycles. The van der Waals surface area contributed by atoms with Crippen LogP contribution in [0.3, 0.4) is 0 Å². The monoisotopic (exact) mass is 276 g/mol. The van der Waals surface area contributed by atoms with Crippen LogP contribution in [0.4, 0.5) is 0 Å².